The van der Waals surface area contributed by atoms with Crippen molar-refractivity contribution in [1.82, 2.24) is 15.1 Å². The zero-order valence-electron chi connectivity index (χ0n) is 15.9. The Balaban J connectivity index is 1.85. The minimum atomic E-state index is -4.43. The number of nitriles is 1. The van der Waals surface area contributed by atoms with E-state index in [1.54, 1.807) is 25.1 Å². The van der Waals surface area contributed by atoms with Crippen LogP contribution in [-0.4, -0.2) is 27.4 Å². The van der Waals surface area contributed by atoms with Gasteiger partial charge in [0.05, 0.1) is 36.2 Å². The summed E-state index contributed by atoms with van der Waals surface area (Å²) < 4.78 is 45.2. The van der Waals surface area contributed by atoms with Crippen LogP contribution in [0.1, 0.15) is 18.1 Å². The number of thiocarbonyl (C=S) groups is 1. The molecule has 2 aromatic carbocycles. The number of aromatic nitrogens is 2. The van der Waals surface area contributed by atoms with Crippen molar-refractivity contribution in [3.63, 3.8) is 0 Å². The monoisotopic (exact) mass is 452 g/mol. The van der Waals surface area contributed by atoms with Crippen LogP contribution in [0.4, 0.5) is 13.2 Å². The van der Waals surface area contributed by atoms with Crippen molar-refractivity contribution in [2.45, 2.75) is 25.2 Å². The van der Waals surface area contributed by atoms with E-state index in [0.717, 1.165) is 12.1 Å². The van der Waals surface area contributed by atoms with Gasteiger partial charge >= 0.3 is 6.18 Å². The highest BCUT2D eigenvalue weighted by Crippen LogP contribution is 2.30. The van der Waals surface area contributed by atoms with E-state index in [-0.39, 0.29) is 11.5 Å². The fourth-order valence-electron chi connectivity index (χ4n) is 2.94. The Labute approximate surface area is 181 Å². The van der Waals surface area contributed by atoms with Crippen LogP contribution < -0.4 is 10.1 Å². The first-order valence-electron chi connectivity index (χ1n) is 8.67. The van der Waals surface area contributed by atoms with E-state index in [2.05, 4.69) is 16.5 Å². The Bertz CT molecular complexity index is 1140. The highest BCUT2D eigenvalue weighted by Gasteiger charge is 2.31. The molecule has 0 saturated carbocycles. The largest absolute Gasteiger partial charge is 0.481 e. The molecular weight excluding hydrogens is 437 g/mol. The molecule has 0 amide bonds. The van der Waals surface area contributed by atoms with Crippen LogP contribution in [0.3, 0.4) is 0 Å². The van der Waals surface area contributed by atoms with Crippen molar-refractivity contribution in [3.8, 4) is 11.9 Å². The van der Waals surface area contributed by atoms with Gasteiger partial charge in [-0.05, 0) is 37.3 Å². The molecule has 156 valence electrons. The summed E-state index contributed by atoms with van der Waals surface area (Å²) in [5, 5.41) is 18.3. The summed E-state index contributed by atoms with van der Waals surface area (Å²) in [4.78, 5) is 0.145. The molecule has 0 aliphatic heterocycles. The minimum Gasteiger partial charge on any atom is -0.481 e. The minimum absolute atomic E-state index is 0.0692. The second-order valence-electron chi connectivity index (χ2n) is 6.80. The van der Waals surface area contributed by atoms with Crippen LogP contribution in [0.15, 0.2) is 42.5 Å². The number of methoxy groups -OCH3 is 1. The molecule has 1 aromatic heterocycles. The van der Waals surface area contributed by atoms with E-state index < -0.39 is 17.3 Å². The summed E-state index contributed by atoms with van der Waals surface area (Å²) in [5.74, 6) is 0.427. The number of fused-ring (bicyclic) bond motifs is 1. The summed E-state index contributed by atoms with van der Waals surface area (Å²) in [6.07, 6.45) is -4.43. The number of hydrogen-bond donors (Lipinski definition) is 1. The van der Waals surface area contributed by atoms with Crippen molar-refractivity contribution in [2.75, 3.05) is 7.11 Å². The molecule has 5 nitrogen and oxygen atoms in total. The zero-order chi connectivity index (χ0) is 22.1. The highest BCUT2D eigenvalue weighted by atomic mass is 35.5. The van der Waals surface area contributed by atoms with Crippen molar-refractivity contribution in [1.29, 1.82) is 5.26 Å². The third-order valence-corrected chi connectivity index (χ3v) is 4.99. The van der Waals surface area contributed by atoms with E-state index in [0.29, 0.717) is 27.4 Å². The van der Waals surface area contributed by atoms with Crippen LogP contribution in [-0.2, 0) is 12.7 Å². The molecule has 0 bridgehead atoms. The van der Waals surface area contributed by atoms with Crippen molar-refractivity contribution < 1.29 is 17.9 Å². The smallest absolute Gasteiger partial charge is 0.416 e. The Morgan fingerprint density at radius 3 is 2.50 bits per heavy atom. The van der Waals surface area contributed by atoms with Gasteiger partial charge in [0.15, 0.2) is 0 Å². The number of ether oxygens (including phenoxy) is 1. The Hall–Kier alpha value is -2.83. The number of halogens is 4. The van der Waals surface area contributed by atoms with Gasteiger partial charge in [-0.2, -0.15) is 23.5 Å². The highest BCUT2D eigenvalue weighted by molar-refractivity contribution is 7.80. The molecule has 0 saturated heterocycles. The van der Waals surface area contributed by atoms with E-state index in [1.807, 2.05) is 0 Å². The zero-order valence-corrected chi connectivity index (χ0v) is 17.5. The van der Waals surface area contributed by atoms with Gasteiger partial charge in [0.1, 0.15) is 10.5 Å². The van der Waals surface area contributed by atoms with Crippen molar-refractivity contribution in [3.05, 3.63) is 58.6 Å². The molecule has 0 spiro atoms. The molecule has 1 N–H and O–H groups in total. The summed E-state index contributed by atoms with van der Waals surface area (Å²) in [6, 6.07) is 11.7. The van der Waals surface area contributed by atoms with Crippen LogP contribution in [0.25, 0.3) is 10.9 Å². The van der Waals surface area contributed by atoms with Gasteiger partial charge in [-0.15, -0.1) is 0 Å². The third kappa shape index (κ3) is 4.50. The van der Waals surface area contributed by atoms with Gasteiger partial charge in [-0.3, -0.25) is 0 Å². The summed E-state index contributed by atoms with van der Waals surface area (Å²) in [5.41, 5.74) is -0.978. The maximum Gasteiger partial charge on any atom is 0.416 e. The fourth-order valence-corrected chi connectivity index (χ4v) is 3.47. The van der Waals surface area contributed by atoms with Crippen molar-refractivity contribution in [2.24, 2.45) is 0 Å². The predicted molar refractivity (Wildman–Crippen MR) is 112 cm³/mol. The van der Waals surface area contributed by atoms with E-state index in [4.69, 9.17) is 28.6 Å². The Kier molecular flexibility index (Phi) is 5.92. The quantitative estimate of drug-likeness (QED) is 0.554. The standard InChI is InChI=1S/C20H16ClF3N4OS/c1-19(10-25,26-17(30)12-3-5-13(6-4-12)20(22,23)24)11-28-18(29-2)15-9-14(21)7-8-16(15)27-28/h3-9H,11H2,1-2H3,(H,26,30). The molecular formula is C20H16ClF3N4OS. The Morgan fingerprint density at radius 1 is 1.27 bits per heavy atom. The number of hydrogen-bond acceptors (Lipinski definition) is 4. The lowest BCUT2D eigenvalue weighted by Crippen LogP contribution is -2.47. The van der Waals surface area contributed by atoms with Gasteiger partial charge in [-0.1, -0.05) is 36.0 Å². The number of nitrogens with zero attached hydrogens (tertiary/aromatic N) is 3. The van der Waals surface area contributed by atoms with Gasteiger partial charge in [0, 0.05) is 10.6 Å². The maximum absolute atomic E-state index is 12.8. The van der Waals surface area contributed by atoms with Gasteiger partial charge in [0.25, 0.3) is 0 Å². The lowest BCUT2D eigenvalue weighted by atomic mass is 10.0. The molecule has 10 heteroatoms. The molecule has 0 aliphatic carbocycles. The maximum atomic E-state index is 12.8. The third-order valence-electron chi connectivity index (χ3n) is 4.42. The SMILES string of the molecule is COc1c2cc(Cl)ccc2nn1CC(C)(C#N)NC(=S)c1ccc(C(F)(F)F)cc1. The molecule has 1 heterocycles. The van der Waals surface area contributed by atoms with Crippen molar-refractivity contribution >= 4 is 39.7 Å². The molecule has 1 atom stereocenters. The van der Waals surface area contributed by atoms with Gasteiger partial charge < -0.3 is 10.1 Å². The van der Waals surface area contributed by atoms with Crippen LogP contribution in [0.2, 0.25) is 5.02 Å². The first-order valence-corrected chi connectivity index (χ1v) is 9.46. The van der Waals surface area contributed by atoms with Gasteiger partial charge in [0.2, 0.25) is 5.88 Å². The van der Waals surface area contributed by atoms with E-state index >= 15 is 0 Å². The molecule has 1 unspecified atom stereocenters. The number of nitrogens with one attached hydrogen (secondary N) is 1. The van der Waals surface area contributed by atoms with Crippen LogP contribution in [0, 0.1) is 11.3 Å². The summed E-state index contributed by atoms with van der Waals surface area (Å²) in [6.45, 7) is 1.68. The summed E-state index contributed by atoms with van der Waals surface area (Å²) in [7, 11) is 1.48. The number of rotatable bonds is 5. The van der Waals surface area contributed by atoms with Crippen LogP contribution >= 0.6 is 23.8 Å². The molecule has 0 aliphatic rings. The molecule has 0 fully saturated rings. The molecule has 0 radical (unpaired) electrons. The second kappa shape index (κ2) is 8.13. The molecule has 3 aromatic rings. The lowest BCUT2D eigenvalue weighted by Gasteiger charge is -2.25. The predicted octanol–water partition coefficient (Wildman–Crippen LogP) is 4.96. The van der Waals surface area contributed by atoms with E-state index in [1.165, 1.54) is 23.9 Å². The normalized spacial score (nSPS) is 13.5. The second-order valence-corrected chi connectivity index (χ2v) is 7.65. The summed E-state index contributed by atoms with van der Waals surface area (Å²) >= 11 is 11.4. The van der Waals surface area contributed by atoms with Crippen LogP contribution in [0.5, 0.6) is 5.88 Å². The average Bonchev–Trinajstić information content (AvgIpc) is 3.03. The first kappa shape index (κ1) is 21.9. The van der Waals surface area contributed by atoms with Gasteiger partial charge in [-0.25, -0.2) is 4.68 Å². The average molecular weight is 453 g/mol. The molecule has 3 rings (SSSR count). The van der Waals surface area contributed by atoms with E-state index in [9.17, 15) is 18.4 Å². The first-order chi connectivity index (χ1) is 14.1. The topological polar surface area (TPSA) is 62.9 Å². The number of alkyl halides is 3. The number of benzene rings is 2. The fraction of sp³-hybridized carbons (Fsp3) is 0.250. The lowest BCUT2D eigenvalue weighted by molar-refractivity contribution is -0.137. The molecule has 30 heavy (non-hydrogen) atoms. The Morgan fingerprint density at radius 2 is 1.93 bits per heavy atom.